The third-order valence-corrected chi connectivity index (χ3v) is 2.31. The van der Waals surface area contributed by atoms with Crippen molar-refractivity contribution in [3.05, 3.63) is 0 Å². The smallest absolute Gasteiger partial charge is 0.238 e. The molecule has 1 heterocycles. The molecule has 1 aliphatic heterocycles. The van der Waals surface area contributed by atoms with Gasteiger partial charge in [-0.3, -0.25) is 9.69 Å². The van der Waals surface area contributed by atoms with E-state index in [2.05, 4.69) is 22.5 Å². The molecule has 0 aromatic carbocycles. The van der Waals surface area contributed by atoms with Crippen LogP contribution in [0.25, 0.3) is 0 Å². The minimum Gasteiger partial charge on any atom is -0.358 e. The zero-order valence-corrected chi connectivity index (χ0v) is 7.76. The first-order chi connectivity index (χ1) is 5.79. The van der Waals surface area contributed by atoms with Gasteiger partial charge in [-0.25, -0.2) is 0 Å². The molecule has 0 bridgehead atoms. The second kappa shape index (κ2) is 4.42. The fraction of sp³-hybridized carbons (Fsp3) is 0.875. The van der Waals surface area contributed by atoms with Crippen molar-refractivity contribution < 1.29 is 4.79 Å². The number of carbonyl (C=O) groups excluding carboxylic acids is 1. The third kappa shape index (κ3) is 1.95. The average Bonchev–Trinajstić information content (AvgIpc) is 2.16. The summed E-state index contributed by atoms with van der Waals surface area (Å²) in [5, 5.41) is 5.89. The van der Waals surface area contributed by atoms with E-state index in [0.29, 0.717) is 0 Å². The summed E-state index contributed by atoms with van der Waals surface area (Å²) in [5.74, 6) is 0.115. The molecule has 0 saturated carbocycles. The minimum absolute atomic E-state index is 0.0220. The molecular weight excluding hydrogens is 154 g/mol. The molecule has 0 aromatic rings. The predicted molar refractivity (Wildman–Crippen MR) is 48.0 cm³/mol. The van der Waals surface area contributed by atoms with Crippen molar-refractivity contribution in [1.82, 2.24) is 15.5 Å². The van der Waals surface area contributed by atoms with Gasteiger partial charge in [-0.15, -0.1) is 0 Å². The summed E-state index contributed by atoms with van der Waals surface area (Å²) >= 11 is 0. The van der Waals surface area contributed by atoms with Gasteiger partial charge in [-0.2, -0.15) is 0 Å². The van der Waals surface area contributed by atoms with Crippen molar-refractivity contribution in [2.24, 2.45) is 0 Å². The Bertz CT molecular complexity index is 160. The van der Waals surface area contributed by atoms with E-state index in [1.54, 1.807) is 7.05 Å². The van der Waals surface area contributed by atoms with Gasteiger partial charge in [-0.1, -0.05) is 6.92 Å². The van der Waals surface area contributed by atoms with Crippen molar-refractivity contribution in [2.45, 2.75) is 13.0 Å². The molecule has 1 amide bonds. The average molecular weight is 171 g/mol. The fourth-order valence-electron chi connectivity index (χ4n) is 1.55. The molecule has 1 atom stereocenters. The number of piperazine rings is 1. The van der Waals surface area contributed by atoms with E-state index < -0.39 is 0 Å². The Morgan fingerprint density at radius 1 is 1.75 bits per heavy atom. The van der Waals surface area contributed by atoms with Crippen LogP contribution < -0.4 is 10.6 Å². The Balaban J connectivity index is 2.52. The SMILES string of the molecule is CCN1CCNCC1C(=O)NC. The van der Waals surface area contributed by atoms with Gasteiger partial charge in [0.25, 0.3) is 0 Å². The van der Waals surface area contributed by atoms with Gasteiger partial charge >= 0.3 is 0 Å². The lowest BCUT2D eigenvalue weighted by Gasteiger charge is -2.33. The standard InChI is InChI=1S/C8H17N3O/c1-3-11-5-4-10-6-7(11)8(12)9-2/h7,10H,3-6H2,1-2H3,(H,9,12). The van der Waals surface area contributed by atoms with Crippen LogP contribution in [0.4, 0.5) is 0 Å². The van der Waals surface area contributed by atoms with E-state index in [9.17, 15) is 4.79 Å². The van der Waals surface area contributed by atoms with Crippen LogP contribution in [0.3, 0.4) is 0 Å². The Morgan fingerprint density at radius 3 is 3.08 bits per heavy atom. The van der Waals surface area contributed by atoms with E-state index >= 15 is 0 Å². The van der Waals surface area contributed by atoms with Gasteiger partial charge in [0.05, 0.1) is 0 Å². The third-order valence-electron chi connectivity index (χ3n) is 2.31. The zero-order chi connectivity index (χ0) is 8.97. The number of hydrogen-bond donors (Lipinski definition) is 2. The van der Waals surface area contributed by atoms with Crippen LogP contribution in [0.15, 0.2) is 0 Å². The van der Waals surface area contributed by atoms with Gasteiger partial charge in [0.15, 0.2) is 0 Å². The molecule has 2 N–H and O–H groups in total. The normalized spacial score (nSPS) is 25.3. The minimum atomic E-state index is 0.0220. The van der Waals surface area contributed by atoms with E-state index in [-0.39, 0.29) is 11.9 Å². The van der Waals surface area contributed by atoms with Gasteiger partial charge in [-0.05, 0) is 6.54 Å². The highest BCUT2D eigenvalue weighted by molar-refractivity contribution is 5.81. The Hall–Kier alpha value is -0.610. The van der Waals surface area contributed by atoms with Crippen molar-refractivity contribution in [1.29, 1.82) is 0 Å². The number of hydrogen-bond acceptors (Lipinski definition) is 3. The monoisotopic (exact) mass is 171 g/mol. The molecule has 1 aliphatic rings. The zero-order valence-electron chi connectivity index (χ0n) is 7.76. The van der Waals surface area contributed by atoms with Crippen LogP contribution in [0.1, 0.15) is 6.92 Å². The first kappa shape index (κ1) is 9.48. The van der Waals surface area contributed by atoms with Gasteiger partial charge in [0.2, 0.25) is 5.91 Å². The van der Waals surface area contributed by atoms with Crippen LogP contribution in [0, 0.1) is 0 Å². The quantitative estimate of drug-likeness (QED) is 0.561. The maximum atomic E-state index is 11.3. The lowest BCUT2D eigenvalue weighted by atomic mass is 10.2. The summed E-state index contributed by atoms with van der Waals surface area (Å²) in [4.78, 5) is 13.5. The molecule has 0 aromatic heterocycles. The van der Waals surface area contributed by atoms with Crippen LogP contribution in [0.2, 0.25) is 0 Å². The summed E-state index contributed by atoms with van der Waals surface area (Å²) in [5.41, 5.74) is 0. The lowest BCUT2D eigenvalue weighted by Crippen LogP contribution is -2.57. The highest BCUT2D eigenvalue weighted by Crippen LogP contribution is 2.01. The second-order valence-electron chi connectivity index (χ2n) is 2.96. The van der Waals surface area contributed by atoms with Gasteiger partial charge in [0.1, 0.15) is 6.04 Å². The second-order valence-corrected chi connectivity index (χ2v) is 2.96. The highest BCUT2D eigenvalue weighted by Gasteiger charge is 2.25. The maximum Gasteiger partial charge on any atom is 0.238 e. The van der Waals surface area contributed by atoms with E-state index in [1.807, 2.05) is 0 Å². The molecule has 1 saturated heterocycles. The van der Waals surface area contributed by atoms with Crippen LogP contribution in [-0.4, -0.2) is 50.1 Å². The van der Waals surface area contributed by atoms with Crippen molar-refractivity contribution in [3.8, 4) is 0 Å². The molecule has 0 spiro atoms. The number of carbonyl (C=O) groups is 1. The Kier molecular flexibility index (Phi) is 3.49. The van der Waals surface area contributed by atoms with Crippen LogP contribution >= 0.6 is 0 Å². The molecule has 4 nitrogen and oxygen atoms in total. The lowest BCUT2D eigenvalue weighted by molar-refractivity contribution is -0.126. The molecule has 0 aliphatic carbocycles. The largest absolute Gasteiger partial charge is 0.358 e. The number of amides is 1. The molecule has 1 rings (SSSR count). The van der Waals surface area contributed by atoms with E-state index in [0.717, 1.165) is 26.2 Å². The highest BCUT2D eigenvalue weighted by atomic mass is 16.2. The number of likely N-dealkylation sites (N-methyl/N-ethyl adjacent to an activating group) is 2. The molecular formula is C8H17N3O. The first-order valence-corrected chi connectivity index (χ1v) is 4.46. The number of nitrogens with one attached hydrogen (secondary N) is 2. The van der Waals surface area contributed by atoms with Crippen LogP contribution in [0.5, 0.6) is 0 Å². The summed E-state index contributed by atoms with van der Waals surface area (Å²) in [6.07, 6.45) is 0. The molecule has 1 unspecified atom stereocenters. The summed E-state index contributed by atoms with van der Waals surface area (Å²) in [6.45, 7) is 5.75. The van der Waals surface area contributed by atoms with Crippen molar-refractivity contribution >= 4 is 5.91 Å². The summed E-state index contributed by atoms with van der Waals surface area (Å²) in [7, 11) is 1.69. The summed E-state index contributed by atoms with van der Waals surface area (Å²) < 4.78 is 0. The topological polar surface area (TPSA) is 44.4 Å². The number of rotatable bonds is 2. The first-order valence-electron chi connectivity index (χ1n) is 4.46. The van der Waals surface area contributed by atoms with Gasteiger partial charge in [0, 0.05) is 26.7 Å². The predicted octanol–water partition coefficient (Wildman–Crippen LogP) is -0.974. The van der Waals surface area contributed by atoms with Crippen molar-refractivity contribution in [2.75, 3.05) is 33.2 Å². The Morgan fingerprint density at radius 2 is 2.50 bits per heavy atom. The number of nitrogens with zero attached hydrogens (tertiary/aromatic N) is 1. The van der Waals surface area contributed by atoms with Gasteiger partial charge < -0.3 is 10.6 Å². The van der Waals surface area contributed by atoms with E-state index in [4.69, 9.17) is 0 Å². The molecule has 12 heavy (non-hydrogen) atoms. The van der Waals surface area contributed by atoms with Crippen molar-refractivity contribution in [3.63, 3.8) is 0 Å². The van der Waals surface area contributed by atoms with Crippen LogP contribution in [-0.2, 0) is 4.79 Å². The maximum absolute atomic E-state index is 11.3. The van der Waals surface area contributed by atoms with E-state index in [1.165, 1.54) is 0 Å². The Labute approximate surface area is 73.3 Å². The molecule has 4 heteroatoms. The fourth-order valence-corrected chi connectivity index (χ4v) is 1.55. The summed E-state index contributed by atoms with van der Waals surface area (Å²) in [6, 6.07) is 0.0220. The molecule has 70 valence electrons. The molecule has 0 radical (unpaired) electrons. The molecule has 1 fully saturated rings.